The van der Waals surface area contributed by atoms with Crippen LogP contribution in [-0.4, -0.2) is 16.4 Å². The normalized spacial score (nSPS) is 10.8. The van der Waals surface area contributed by atoms with E-state index in [-0.39, 0.29) is 5.75 Å². The summed E-state index contributed by atoms with van der Waals surface area (Å²) in [5, 5.41) is 10.7. The highest BCUT2D eigenvalue weighted by molar-refractivity contribution is 6.34. The van der Waals surface area contributed by atoms with Crippen LogP contribution in [0.3, 0.4) is 0 Å². The second kappa shape index (κ2) is 4.44. The average Bonchev–Trinajstić information content (AvgIpc) is 2.81. The van der Waals surface area contributed by atoms with E-state index in [0.717, 1.165) is 28.3 Å². The first-order valence-corrected chi connectivity index (χ1v) is 6.12. The number of aromatic amines is 1. The number of aromatic nitrogens is 1. The third-order valence-electron chi connectivity index (χ3n) is 3.11. The van der Waals surface area contributed by atoms with Crippen LogP contribution in [0.15, 0.2) is 42.6 Å². The Balaban J connectivity index is 2.25. The van der Waals surface area contributed by atoms with Crippen molar-refractivity contribution in [3.8, 4) is 16.9 Å². The number of carbonyl (C=O) groups excluding carboxylic acids is 1. The number of carbonyl (C=O) groups is 1. The van der Waals surface area contributed by atoms with Gasteiger partial charge < -0.3 is 10.1 Å². The number of halogens is 1. The van der Waals surface area contributed by atoms with Crippen molar-refractivity contribution < 1.29 is 9.90 Å². The summed E-state index contributed by atoms with van der Waals surface area (Å²) in [6.45, 7) is 0. The third-order valence-corrected chi connectivity index (χ3v) is 3.42. The average molecular weight is 272 g/mol. The molecule has 0 aliphatic carbocycles. The van der Waals surface area contributed by atoms with Gasteiger partial charge in [0, 0.05) is 28.2 Å². The summed E-state index contributed by atoms with van der Waals surface area (Å²) >= 11 is 6.26. The van der Waals surface area contributed by atoms with Crippen LogP contribution in [-0.2, 0) is 0 Å². The molecule has 0 atom stereocenters. The van der Waals surface area contributed by atoms with Gasteiger partial charge in [0.15, 0.2) is 6.29 Å². The van der Waals surface area contributed by atoms with E-state index in [2.05, 4.69) is 4.98 Å². The van der Waals surface area contributed by atoms with Gasteiger partial charge in [0.2, 0.25) is 0 Å². The Hall–Kier alpha value is -2.26. The lowest BCUT2D eigenvalue weighted by Crippen LogP contribution is -1.82. The van der Waals surface area contributed by atoms with E-state index in [0.29, 0.717) is 10.6 Å². The van der Waals surface area contributed by atoms with Gasteiger partial charge in [-0.1, -0.05) is 23.7 Å². The molecule has 0 aliphatic rings. The van der Waals surface area contributed by atoms with Crippen LogP contribution < -0.4 is 0 Å². The third kappa shape index (κ3) is 1.98. The number of nitrogens with one attached hydrogen (secondary N) is 1. The highest BCUT2D eigenvalue weighted by atomic mass is 35.5. The molecule has 2 N–H and O–H groups in total. The van der Waals surface area contributed by atoms with E-state index in [1.807, 2.05) is 6.07 Å². The summed E-state index contributed by atoms with van der Waals surface area (Å²) in [6.07, 6.45) is 2.47. The molecule has 0 bridgehead atoms. The minimum Gasteiger partial charge on any atom is -0.508 e. The summed E-state index contributed by atoms with van der Waals surface area (Å²) in [5.74, 6) is 0.205. The largest absolute Gasteiger partial charge is 0.508 e. The van der Waals surface area contributed by atoms with Crippen LogP contribution in [0.2, 0.25) is 5.02 Å². The van der Waals surface area contributed by atoms with E-state index in [9.17, 15) is 9.90 Å². The highest BCUT2D eigenvalue weighted by Crippen LogP contribution is 2.33. The van der Waals surface area contributed by atoms with Crippen molar-refractivity contribution in [1.29, 1.82) is 0 Å². The maximum Gasteiger partial charge on any atom is 0.152 e. The fraction of sp³-hybridized carbons (Fsp3) is 0. The SMILES string of the molecule is O=Cc1c[nH]c2cc(Cl)c(-c3ccc(O)cc3)cc12. The predicted octanol–water partition coefficient (Wildman–Crippen LogP) is 4.01. The lowest BCUT2D eigenvalue weighted by molar-refractivity contribution is 0.112. The smallest absolute Gasteiger partial charge is 0.152 e. The number of aromatic hydroxyl groups is 1. The van der Waals surface area contributed by atoms with Gasteiger partial charge >= 0.3 is 0 Å². The lowest BCUT2D eigenvalue weighted by Gasteiger charge is -2.06. The van der Waals surface area contributed by atoms with Gasteiger partial charge in [0.05, 0.1) is 5.02 Å². The quantitative estimate of drug-likeness (QED) is 0.692. The monoisotopic (exact) mass is 271 g/mol. The number of H-pyrrole nitrogens is 1. The van der Waals surface area contributed by atoms with Crippen LogP contribution in [0, 0.1) is 0 Å². The summed E-state index contributed by atoms with van der Waals surface area (Å²) in [6, 6.07) is 10.5. The zero-order valence-electron chi connectivity index (χ0n) is 9.85. The number of aldehydes is 1. The molecule has 0 saturated heterocycles. The number of hydrogen-bond acceptors (Lipinski definition) is 2. The molecule has 4 heteroatoms. The minimum absolute atomic E-state index is 0.205. The number of phenolic OH excluding ortho intramolecular Hbond substituents is 1. The molecular formula is C15H10ClNO2. The maximum absolute atomic E-state index is 11.0. The number of hydrogen-bond donors (Lipinski definition) is 2. The molecule has 0 saturated carbocycles. The van der Waals surface area contributed by atoms with E-state index in [1.54, 1.807) is 36.5 Å². The van der Waals surface area contributed by atoms with Gasteiger partial charge in [-0.2, -0.15) is 0 Å². The Labute approximate surface area is 114 Å². The van der Waals surface area contributed by atoms with Gasteiger partial charge in [0.1, 0.15) is 5.75 Å². The van der Waals surface area contributed by atoms with Crippen LogP contribution in [0.5, 0.6) is 5.75 Å². The van der Waals surface area contributed by atoms with Crippen molar-refractivity contribution in [3.05, 3.63) is 53.2 Å². The maximum atomic E-state index is 11.0. The van der Waals surface area contributed by atoms with Crippen molar-refractivity contribution >= 4 is 28.8 Å². The highest BCUT2D eigenvalue weighted by Gasteiger charge is 2.09. The molecule has 0 spiro atoms. The second-order valence-electron chi connectivity index (χ2n) is 4.29. The van der Waals surface area contributed by atoms with Crippen molar-refractivity contribution in [2.24, 2.45) is 0 Å². The summed E-state index contributed by atoms with van der Waals surface area (Å²) in [4.78, 5) is 14.0. The van der Waals surface area contributed by atoms with Gasteiger partial charge in [-0.15, -0.1) is 0 Å². The molecule has 19 heavy (non-hydrogen) atoms. The molecule has 1 heterocycles. The summed E-state index contributed by atoms with van der Waals surface area (Å²) in [5.41, 5.74) is 3.15. The fourth-order valence-electron chi connectivity index (χ4n) is 2.12. The molecular weight excluding hydrogens is 262 g/mol. The van der Waals surface area contributed by atoms with Crippen molar-refractivity contribution in [2.45, 2.75) is 0 Å². The molecule has 3 aromatic rings. The molecule has 1 aromatic heterocycles. The topological polar surface area (TPSA) is 53.1 Å². The van der Waals surface area contributed by atoms with Crippen molar-refractivity contribution in [3.63, 3.8) is 0 Å². The molecule has 0 fully saturated rings. The minimum atomic E-state index is 0.205. The Morgan fingerprint density at radius 3 is 2.58 bits per heavy atom. The first-order chi connectivity index (χ1) is 9.19. The van der Waals surface area contributed by atoms with Crippen molar-refractivity contribution in [2.75, 3.05) is 0 Å². The first-order valence-electron chi connectivity index (χ1n) is 5.74. The standard InChI is InChI=1S/C15H10ClNO2/c16-14-6-15-13(10(8-18)7-17-15)5-12(14)9-1-3-11(19)4-2-9/h1-8,17,19H. The van der Waals surface area contributed by atoms with E-state index in [4.69, 9.17) is 11.6 Å². The van der Waals surface area contributed by atoms with E-state index >= 15 is 0 Å². The number of rotatable bonds is 2. The molecule has 94 valence electrons. The Morgan fingerprint density at radius 2 is 1.89 bits per heavy atom. The Morgan fingerprint density at radius 1 is 1.16 bits per heavy atom. The molecule has 2 aromatic carbocycles. The molecule has 0 unspecified atom stereocenters. The zero-order chi connectivity index (χ0) is 13.4. The Bertz CT molecular complexity index is 760. The zero-order valence-corrected chi connectivity index (χ0v) is 10.6. The molecule has 3 nitrogen and oxygen atoms in total. The predicted molar refractivity (Wildman–Crippen MR) is 75.8 cm³/mol. The van der Waals surface area contributed by atoms with Gasteiger partial charge in [-0.3, -0.25) is 4.79 Å². The summed E-state index contributed by atoms with van der Waals surface area (Å²) < 4.78 is 0. The van der Waals surface area contributed by atoms with Gasteiger partial charge in [-0.05, 0) is 29.8 Å². The van der Waals surface area contributed by atoms with Crippen LogP contribution in [0.4, 0.5) is 0 Å². The van der Waals surface area contributed by atoms with Crippen LogP contribution >= 0.6 is 11.6 Å². The lowest BCUT2D eigenvalue weighted by atomic mass is 10.0. The van der Waals surface area contributed by atoms with Crippen molar-refractivity contribution in [1.82, 2.24) is 4.98 Å². The van der Waals surface area contributed by atoms with E-state index in [1.165, 1.54) is 0 Å². The summed E-state index contributed by atoms with van der Waals surface area (Å²) in [7, 11) is 0. The van der Waals surface area contributed by atoms with Gasteiger partial charge in [0.25, 0.3) is 0 Å². The second-order valence-corrected chi connectivity index (χ2v) is 4.69. The number of phenols is 1. The van der Waals surface area contributed by atoms with Crippen LogP contribution in [0.25, 0.3) is 22.0 Å². The fourth-order valence-corrected chi connectivity index (χ4v) is 2.40. The van der Waals surface area contributed by atoms with Gasteiger partial charge in [-0.25, -0.2) is 0 Å². The Kier molecular flexibility index (Phi) is 2.76. The van der Waals surface area contributed by atoms with E-state index < -0.39 is 0 Å². The molecule has 0 radical (unpaired) electrons. The molecule has 0 amide bonds. The molecule has 0 aliphatic heterocycles. The first kappa shape index (κ1) is 11.8. The molecule has 3 rings (SSSR count). The van der Waals surface area contributed by atoms with Crippen LogP contribution in [0.1, 0.15) is 10.4 Å². The number of fused-ring (bicyclic) bond motifs is 1. The number of benzene rings is 2.